The molecular formula is C52H40OSi. The van der Waals surface area contributed by atoms with E-state index in [1.54, 1.807) is 0 Å². The van der Waals surface area contributed by atoms with E-state index < -0.39 is 13.5 Å². The Morgan fingerprint density at radius 2 is 0.722 bits per heavy atom. The first-order valence-electron chi connectivity index (χ1n) is 18.9. The maximum atomic E-state index is 6.91. The first-order valence-corrected chi connectivity index (χ1v) is 20.9. The fourth-order valence-corrected chi connectivity index (χ4v) is 14.5. The van der Waals surface area contributed by atoms with Gasteiger partial charge in [-0.3, -0.25) is 0 Å². The maximum absolute atomic E-state index is 6.91. The third-order valence-corrected chi connectivity index (χ3v) is 17.0. The van der Waals surface area contributed by atoms with Crippen molar-refractivity contribution in [3.05, 3.63) is 240 Å². The number of hydrogen-bond donors (Lipinski definition) is 0. The Bertz CT molecular complexity index is 2500. The Morgan fingerprint density at radius 1 is 0.333 bits per heavy atom. The van der Waals surface area contributed by atoms with Crippen LogP contribution < -0.4 is 25.5 Å². The fourth-order valence-electron chi connectivity index (χ4n) is 9.78. The van der Waals surface area contributed by atoms with Crippen LogP contribution in [0.4, 0.5) is 0 Å². The average Bonchev–Trinajstić information content (AvgIpc) is 3.24. The summed E-state index contributed by atoms with van der Waals surface area (Å²) in [5.74, 6) is 1.81. The molecule has 54 heavy (non-hydrogen) atoms. The summed E-state index contributed by atoms with van der Waals surface area (Å²) in [5.41, 5.74) is 9.38. The van der Waals surface area contributed by atoms with Crippen LogP contribution in [0.3, 0.4) is 0 Å². The van der Waals surface area contributed by atoms with Crippen molar-refractivity contribution in [2.24, 2.45) is 0 Å². The van der Waals surface area contributed by atoms with Gasteiger partial charge in [0.25, 0.3) is 0 Å². The molecule has 2 heteroatoms. The summed E-state index contributed by atoms with van der Waals surface area (Å²) < 4.78 is 6.91. The van der Waals surface area contributed by atoms with Gasteiger partial charge in [0.2, 0.25) is 0 Å². The van der Waals surface area contributed by atoms with Gasteiger partial charge < -0.3 is 4.74 Å². The lowest BCUT2D eigenvalue weighted by Gasteiger charge is -2.50. The number of rotatable bonds is 5. The number of para-hydroxylation sites is 1. The van der Waals surface area contributed by atoms with Gasteiger partial charge in [0.15, 0.2) is 8.07 Å². The molecule has 10 rings (SSSR count). The average molecular weight is 709 g/mol. The molecule has 0 atom stereocenters. The van der Waals surface area contributed by atoms with Crippen LogP contribution in [0.2, 0.25) is 0 Å². The summed E-state index contributed by atoms with van der Waals surface area (Å²) in [6.45, 7) is 4.72. The normalized spacial score (nSPS) is 14.6. The SMILES string of the molecule is CC1(C)c2ccccc2C2(c3ccccc3Oc3cc(-c4ccc([Si](c5ccccc5)(c5ccccc5)c5ccccc5)cc4)ccc32)c2ccccc21. The largest absolute Gasteiger partial charge is 0.457 e. The molecule has 8 aromatic rings. The van der Waals surface area contributed by atoms with E-state index in [0.717, 1.165) is 17.1 Å². The Hall–Kier alpha value is -6.22. The highest BCUT2D eigenvalue weighted by molar-refractivity contribution is 7.19. The number of benzene rings is 8. The third-order valence-electron chi connectivity index (χ3n) is 12.2. The lowest BCUT2D eigenvalue weighted by atomic mass is 9.53. The summed E-state index contributed by atoms with van der Waals surface area (Å²) in [7, 11) is -2.62. The highest BCUT2D eigenvalue weighted by atomic mass is 28.3. The topological polar surface area (TPSA) is 9.23 Å². The molecule has 0 bridgehead atoms. The fraction of sp³-hybridized carbons (Fsp3) is 0.0769. The molecule has 0 amide bonds. The molecule has 1 heterocycles. The number of ether oxygens (including phenoxy) is 1. The van der Waals surface area contributed by atoms with Gasteiger partial charge >= 0.3 is 0 Å². The van der Waals surface area contributed by atoms with Gasteiger partial charge in [-0.2, -0.15) is 0 Å². The van der Waals surface area contributed by atoms with Gasteiger partial charge in [0.1, 0.15) is 11.5 Å². The minimum absolute atomic E-state index is 0.148. The van der Waals surface area contributed by atoms with Crippen LogP contribution in [0.15, 0.2) is 206 Å². The first kappa shape index (κ1) is 32.4. The van der Waals surface area contributed by atoms with Crippen molar-refractivity contribution in [1.82, 2.24) is 0 Å². The Kier molecular flexibility index (Phi) is 7.47. The van der Waals surface area contributed by atoms with Crippen molar-refractivity contribution in [2.75, 3.05) is 0 Å². The molecule has 0 aromatic heterocycles. The van der Waals surface area contributed by atoms with Crippen molar-refractivity contribution in [3.63, 3.8) is 0 Å². The minimum Gasteiger partial charge on any atom is -0.457 e. The molecule has 258 valence electrons. The van der Waals surface area contributed by atoms with E-state index in [2.05, 4.69) is 220 Å². The summed E-state index contributed by atoms with van der Waals surface area (Å²) in [6.07, 6.45) is 0. The van der Waals surface area contributed by atoms with Crippen LogP contribution in [0.25, 0.3) is 11.1 Å². The third kappa shape index (κ3) is 4.57. The molecule has 0 N–H and O–H groups in total. The summed E-state index contributed by atoms with van der Waals surface area (Å²) >= 11 is 0. The van der Waals surface area contributed by atoms with Crippen LogP contribution in [0.1, 0.15) is 47.2 Å². The van der Waals surface area contributed by atoms with E-state index in [0.29, 0.717) is 0 Å². The molecule has 0 saturated carbocycles. The molecule has 0 unspecified atom stereocenters. The van der Waals surface area contributed by atoms with Gasteiger partial charge in [-0.05, 0) is 66.3 Å². The predicted octanol–water partition coefficient (Wildman–Crippen LogP) is 9.86. The Balaban J connectivity index is 1.16. The van der Waals surface area contributed by atoms with E-state index in [1.807, 2.05) is 0 Å². The lowest BCUT2D eigenvalue weighted by Crippen LogP contribution is -2.74. The number of fused-ring (bicyclic) bond motifs is 8. The monoisotopic (exact) mass is 708 g/mol. The molecule has 2 aliphatic rings. The summed E-state index contributed by atoms with van der Waals surface area (Å²) in [6, 6.07) is 76.3. The Morgan fingerprint density at radius 3 is 1.24 bits per heavy atom. The molecule has 0 fully saturated rings. The smallest absolute Gasteiger partial charge is 0.179 e. The van der Waals surface area contributed by atoms with E-state index >= 15 is 0 Å². The number of hydrogen-bond acceptors (Lipinski definition) is 1. The quantitative estimate of drug-likeness (QED) is 0.128. The maximum Gasteiger partial charge on any atom is 0.179 e. The van der Waals surface area contributed by atoms with Gasteiger partial charge in [-0.25, -0.2) is 0 Å². The van der Waals surface area contributed by atoms with E-state index in [9.17, 15) is 0 Å². The standard InChI is InChI=1S/C52H40OSi/c1-51(2)43-24-12-14-26-45(43)52(46-27-15-13-25-44(46)51)47-28-16-17-29-49(47)53-50-36-38(32-35-48(50)52)37-30-33-42(34-31-37)54(39-18-6-3-7-19-39,40-20-8-4-9-21-40)41-22-10-5-11-23-41/h3-36H,1-2H3. The van der Waals surface area contributed by atoms with Gasteiger partial charge in [0.05, 0.1) is 5.41 Å². The van der Waals surface area contributed by atoms with Crippen molar-refractivity contribution < 1.29 is 4.74 Å². The first-order chi connectivity index (χ1) is 26.5. The molecule has 0 radical (unpaired) electrons. The molecular weight excluding hydrogens is 669 g/mol. The van der Waals surface area contributed by atoms with Crippen molar-refractivity contribution >= 4 is 28.8 Å². The molecule has 8 aromatic carbocycles. The van der Waals surface area contributed by atoms with Crippen LogP contribution >= 0.6 is 0 Å². The van der Waals surface area contributed by atoms with Gasteiger partial charge in [-0.15, -0.1) is 0 Å². The highest BCUT2D eigenvalue weighted by Gasteiger charge is 2.52. The van der Waals surface area contributed by atoms with Crippen LogP contribution in [-0.2, 0) is 10.8 Å². The molecule has 1 aliphatic carbocycles. The van der Waals surface area contributed by atoms with Crippen molar-refractivity contribution in [2.45, 2.75) is 24.7 Å². The molecule has 1 aliphatic heterocycles. The molecule has 1 spiro atoms. The lowest BCUT2D eigenvalue weighted by molar-refractivity contribution is 0.425. The second-order valence-electron chi connectivity index (χ2n) is 15.2. The summed E-state index contributed by atoms with van der Waals surface area (Å²) in [4.78, 5) is 0. The van der Waals surface area contributed by atoms with E-state index in [1.165, 1.54) is 59.7 Å². The molecule has 1 nitrogen and oxygen atoms in total. The summed E-state index contributed by atoms with van der Waals surface area (Å²) in [5, 5.41) is 5.47. The van der Waals surface area contributed by atoms with E-state index in [4.69, 9.17) is 4.74 Å². The van der Waals surface area contributed by atoms with Crippen molar-refractivity contribution in [1.29, 1.82) is 0 Å². The van der Waals surface area contributed by atoms with Crippen molar-refractivity contribution in [3.8, 4) is 22.6 Å². The van der Waals surface area contributed by atoms with Crippen LogP contribution in [0, 0.1) is 0 Å². The highest BCUT2D eigenvalue weighted by Crippen LogP contribution is 2.61. The Labute approximate surface area is 319 Å². The second-order valence-corrected chi connectivity index (χ2v) is 19.0. The zero-order chi connectivity index (χ0) is 36.3. The zero-order valence-corrected chi connectivity index (χ0v) is 31.5. The van der Waals surface area contributed by atoms with Gasteiger partial charge in [-0.1, -0.05) is 208 Å². The van der Waals surface area contributed by atoms with Crippen LogP contribution in [-0.4, -0.2) is 8.07 Å². The minimum atomic E-state index is -2.62. The van der Waals surface area contributed by atoms with E-state index in [-0.39, 0.29) is 5.41 Å². The predicted molar refractivity (Wildman–Crippen MR) is 226 cm³/mol. The molecule has 0 saturated heterocycles. The zero-order valence-electron chi connectivity index (χ0n) is 30.5. The van der Waals surface area contributed by atoms with Crippen LogP contribution in [0.5, 0.6) is 11.5 Å². The second kappa shape index (κ2) is 12.4. The van der Waals surface area contributed by atoms with Gasteiger partial charge in [0, 0.05) is 16.5 Å².